The number of carbonyl (C=O) groups is 1. The topological polar surface area (TPSA) is 112 Å². The number of amides is 1. The molecule has 0 spiro atoms. The van der Waals surface area contributed by atoms with E-state index in [2.05, 4.69) is 37.4 Å². The Hall–Kier alpha value is -4.92. The number of fused-ring (bicyclic) bond motifs is 2. The number of aryl methyl sites for hydroxylation is 1. The molecule has 194 valence electrons. The van der Waals surface area contributed by atoms with Crippen molar-refractivity contribution in [3.05, 3.63) is 78.5 Å². The molecule has 2 aromatic carbocycles. The van der Waals surface area contributed by atoms with Gasteiger partial charge >= 0.3 is 0 Å². The summed E-state index contributed by atoms with van der Waals surface area (Å²) >= 11 is 0. The predicted octanol–water partition coefficient (Wildman–Crippen LogP) is 6.81. The average Bonchev–Trinajstić information content (AvgIpc) is 3.55. The Kier molecular flexibility index (Phi) is 6.32. The molecule has 0 bridgehead atoms. The quantitative estimate of drug-likeness (QED) is 0.215. The SMILES string of the molecule is CCCCC(=O)Nc1cncc(-c2ccc3[nH]nc(-c4nc5c(-c6cc(C)cc(F)c6)nccc5[nH]4)c3c2)c1. The second-order valence-electron chi connectivity index (χ2n) is 9.60. The standard InChI is InChI=1S/C30H26FN7O/c1-3-4-5-26(39)34-22-13-20(15-32-16-22)18-6-7-24-23(14-18)28(38-37-24)30-35-25-8-9-33-27(29(25)36-30)19-10-17(2)11-21(31)12-19/h6-16H,3-5H2,1-2H3,(H,34,39)(H,35,36)(H,37,38). The monoisotopic (exact) mass is 519 g/mol. The maximum absolute atomic E-state index is 14.1. The second-order valence-corrected chi connectivity index (χ2v) is 9.60. The molecule has 0 atom stereocenters. The lowest BCUT2D eigenvalue weighted by Gasteiger charge is -2.07. The van der Waals surface area contributed by atoms with Crippen LogP contribution >= 0.6 is 0 Å². The number of H-pyrrole nitrogens is 2. The van der Waals surface area contributed by atoms with Crippen LogP contribution < -0.4 is 5.32 Å². The Morgan fingerprint density at radius 3 is 2.72 bits per heavy atom. The summed E-state index contributed by atoms with van der Waals surface area (Å²) in [5, 5.41) is 11.4. The van der Waals surface area contributed by atoms with Crippen molar-refractivity contribution in [2.75, 3.05) is 5.32 Å². The summed E-state index contributed by atoms with van der Waals surface area (Å²) in [5.74, 6) is 0.242. The molecule has 1 amide bonds. The summed E-state index contributed by atoms with van der Waals surface area (Å²) in [7, 11) is 0. The lowest BCUT2D eigenvalue weighted by molar-refractivity contribution is -0.116. The van der Waals surface area contributed by atoms with E-state index in [1.165, 1.54) is 12.1 Å². The first-order valence-electron chi connectivity index (χ1n) is 12.8. The summed E-state index contributed by atoms with van der Waals surface area (Å²) < 4.78 is 14.1. The first-order chi connectivity index (χ1) is 19.0. The molecule has 0 aliphatic heterocycles. The molecule has 6 aromatic rings. The summed E-state index contributed by atoms with van der Waals surface area (Å²) in [5.41, 5.74) is 7.45. The first-order valence-corrected chi connectivity index (χ1v) is 12.8. The summed E-state index contributed by atoms with van der Waals surface area (Å²) in [6, 6.07) is 14.6. The van der Waals surface area contributed by atoms with Gasteiger partial charge < -0.3 is 10.3 Å². The second kappa shape index (κ2) is 10.1. The molecular weight excluding hydrogens is 493 g/mol. The molecule has 0 unspecified atom stereocenters. The summed E-state index contributed by atoms with van der Waals surface area (Å²) in [4.78, 5) is 29.2. The molecule has 0 saturated carbocycles. The van der Waals surface area contributed by atoms with Crippen molar-refractivity contribution in [2.24, 2.45) is 0 Å². The van der Waals surface area contributed by atoms with Crippen molar-refractivity contribution in [3.8, 4) is 33.9 Å². The number of pyridine rings is 2. The maximum atomic E-state index is 14.1. The molecule has 6 rings (SSSR count). The van der Waals surface area contributed by atoms with Crippen molar-refractivity contribution in [1.82, 2.24) is 30.1 Å². The van der Waals surface area contributed by atoms with Crippen LogP contribution in [0.25, 0.3) is 55.8 Å². The van der Waals surface area contributed by atoms with Gasteiger partial charge in [0.05, 0.1) is 28.6 Å². The third-order valence-corrected chi connectivity index (χ3v) is 6.62. The first kappa shape index (κ1) is 24.4. The minimum absolute atomic E-state index is 0.0180. The molecule has 0 radical (unpaired) electrons. The van der Waals surface area contributed by atoms with Crippen molar-refractivity contribution < 1.29 is 9.18 Å². The number of nitrogens with zero attached hydrogens (tertiary/aromatic N) is 4. The van der Waals surface area contributed by atoms with Crippen LogP contribution in [-0.4, -0.2) is 36.0 Å². The van der Waals surface area contributed by atoms with Gasteiger partial charge in [-0.15, -0.1) is 0 Å². The third kappa shape index (κ3) is 4.86. The van der Waals surface area contributed by atoms with E-state index in [1.54, 1.807) is 18.6 Å². The predicted molar refractivity (Wildman–Crippen MR) is 150 cm³/mol. The number of nitrogens with one attached hydrogen (secondary N) is 3. The highest BCUT2D eigenvalue weighted by atomic mass is 19.1. The van der Waals surface area contributed by atoms with Crippen molar-refractivity contribution >= 4 is 33.5 Å². The van der Waals surface area contributed by atoms with Crippen LogP contribution in [0.1, 0.15) is 31.7 Å². The lowest BCUT2D eigenvalue weighted by Crippen LogP contribution is -2.11. The Morgan fingerprint density at radius 1 is 0.974 bits per heavy atom. The van der Waals surface area contributed by atoms with E-state index in [9.17, 15) is 9.18 Å². The number of anilines is 1. The van der Waals surface area contributed by atoms with Gasteiger partial charge in [-0.25, -0.2) is 9.37 Å². The molecule has 9 heteroatoms. The van der Waals surface area contributed by atoms with Gasteiger partial charge in [-0.3, -0.25) is 19.9 Å². The highest BCUT2D eigenvalue weighted by Gasteiger charge is 2.17. The van der Waals surface area contributed by atoms with Gasteiger partial charge in [-0.2, -0.15) is 5.10 Å². The van der Waals surface area contributed by atoms with Gasteiger partial charge in [0.2, 0.25) is 5.91 Å². The number of hydrogen-bond donors (Lipinski definition) is 3. The number of benzene rings is 2. The summed E-state index contributed by atoms with van der Waals surface area (Å²) in [6.45, 7) is 3.91. The van der Waals surface area contributed by atoms with Gasteiger partial charge in [0.1, 0.15) is 17.0 Å². The minimum atomic E-state index is -0.315. The van der Waals surface area contributed by atoms with Crippen LogP contribution in [0.2, 0.25) is 0 Å². The fourth-order valence-electron chi connectivity index (χ4n) is 4.73. The van der Waals surface area contributed by atoms with Crippen LogP contribution in [-0.2, 0) is 4.79 Å². The maximum Gasteiger partial charge on any atom is 0.224 e. The number of imidazole rings is 1. The molecule has 0 aliphatic rings. The largest absolute Gasteiger partial charge is 0.336 e. The molecule has 4 aromatic heterocycles. The normalized spacial score (nSPS) is 11.4. The van der Waals surface area contributed by atoms with Crippen LogP contribution in [0.3, 0.4) is 0 Å². The van der Waals surface area contributed by atoms with Gasteiger partial charge in [0.15, 0.2) is 5.82 Å². The summed E-state index contributed by atoms with van der Waals surface area (Å²) in [6.07, 6.45) is 7.39. The highest BCUT2D eigenvalue weighted by molar-refractivity contribution is 5.98. The number of rotatable bonds is 7. The van der Waals surface area contributed by atoms with Crippen LogP contribution in [0.15, 0.2) is 67.1 Å². The van der Waals surface area contributed by atoms with Crippen molar-refractivity contribution in [2.45, 2.75) is 33.1 Å². The molecular formula is C30H26FN7O. The zero-order valence-corrected chi connectivity index (χ0v) is 21.5. The Labute approximate surface area is 223 Å². The van der Waals surface area contributed by atoms with E-state index in [-0.39, 0.29) is 11.7 Å². The van der Waals surface area contributed by atoms with Crippen molar-refractivity contribution in [1.29, 1.82) is 0 Å². The van der Waals surface area contributed by atoms with E-state index in [0.717, 1.165) is 46.0 Å². The Balaban J connectivity index is 1.38. The number of unbranched alkanes of at least 4 members (excludes halogenated alkanes) is 1. The van der Waals surface area contributed by atoms with E-state index in [0.29, 0.717) is 40.4 Å². The number of carbonyl (C=O) groups excluding carboxylic acids is 1. The van der Waals surface area contributed by atoms with E-state index >= 15 is 0 Å². The minimum Gasteiger partial charge on any atom is -0.336 e. The van der Waals surface area contributed by atoms with E-state index in [1.807, 2.05) is 43.3 Å². The molecule has 0 aliphatic carbocycles. The van der Waals surface area contributed by atoms with Crippen LogP contribution in [0.5, 0.6) is 0 Å². The number of aromatic nitrogens is 6. The fourth-order valence-corrected chi connectivity index (χ4v) is 4.73. The fraction of sp³-hybridized carbons (Fsp3) is 0.167. The van der Waals surface area contributed by atoms with Crippen molar-refractivity contribution in [3.63, 3.8) is 0 Å². The van der Waals surface area contributed by atoms with Gasteiger partial charge in [0.25, 0.3) is 0 Å². The van der Waals surface area contributed by atoms with E-state index in [4.69, 9.17) is 4.98 Å². The molecule has 39 heavy (non-hydrogen) atoms. The zero-order chi connectivity index (χ0) is 26.9. The smallest absolute Gasteiger partial charge is 0.224 e. The molecule has 4 heterocycles. The van der Waals surface area contributed by atoms with Gasteiger partial charge in [0, 0.05) is 35.3 Å². The molecule has 8 nitrogen and oxygen atoms in total. The molecule has 0 saturated heterocycles. The lowest BCUT2D eigenvalue weighted by atomic mass is 10.0. The number of hydrogen-bond acceptors (Lipinski definition) is 5. The molecule has 3 N–H and O–H groups in total. The van der Waals surface area contributed by atoms with E-state index < -0.39 is 0 Å². The Morgan fingerprint density at radius 2 is 1.87 bits per heavy atom. The van der Waals surface area contributed by atoms with Crippen LogP contribution in [0.4, 0.5) is 10.1 Å². The zero-order valence-electron chi connectivity index (χ0n) is 21.5. The molecule has 0 fully saturated rings. The van der Waals surface area contributed by atoms with Gasteiger partial charge in [-0.05, 0) is 66.9 Å². The van der Waals surface area contributed by atoms with Gasteiger partial charge in [-0.1, -0.05) is 19.4 Å². The highest BCUT2D eigenvalue weighted by Crippen LogP contribution is 2.33. The number of aromatic amines is 2. The third-order valence-electron chi connectivity index (χ3n) is 6.62. The number of halogens is 1. The average molecular weight is 520 g/mol. The van der Waals surface area contributed by atoms with Crippen LogP contribution in [0, 0.1) is 12.7 Å². The Bertz CT molecular complexity index is 1820.